The number of carbonyl (C=O) groups is 1. The second-order valence-electron chi connectivity index (χ2n) is 9.69. The Kier molecular flexibility index (Phi) is 6.35. The van der Waals surface area contributed by atoms with Crippen molar-refractivity contribution < 1.29 is 13.9 Å². The maximum absolute atomic E-state index is 13.5. The van der Waals surface area contributed by atoms with Crippen LogP contribution in [0.25, 0.3) is 16.6 Å². The number of fused-ring (bicyclic) bond motifs is 1. The van der Waals surface area contributed by atoms with E-state index in [1.165, 1.54) is 12.1 Å². The number of para-hydroxylation sites is 1. The molecule has 37 heavy (non-hydrogen) atoms. The van der Waals surface area contributed by atoms with Crippen molar-refractivity contribution in [3.63, 3.8) is 0 Å². The molecule has 5 rings (SSSR count). The first-order valence-corrected chi connectivity index (χ1v) is 11.9. The summed E-state index contributed by atoms with van der Waals surface area (Å²) in [4.78, 5) is 12.9. The molecule has 8 nitrogen and oxygen atoms in total. The molecule has 0 saturated heterocycles. The minimum Gasteiger partial charge on any atom is -0.457 e. The summed E-state index contributed by atoms with van der Waals surface area (Å²) in [5.41, 5.74) is 2.93. The van der Waals surface area contributed by atoms with Crippen molar-refractivity contribution in [1.29, 1.82) is 0 Å². The van der Waals surface area contributed by atoms with Gasteiger partial charge in [0.15, 0.2) is 0 Å². The minimum absolute atomic E-state index is 0.242. The van der Waals surface area contributed by atoms with Gasteiger partial charge in [0.2, 0.25) is 0 Å². The lowest BCUT2D eigenvalue weighted by Crippen LogP contribution is -2.29. The second kappa shape index (κ2) is 9.77. The summed E-state index contributed by atoms with van der Waals surface area (Å²) in [5, 5.41) is 18.3. The van der Waals surface area contributed by atoms with E-state index in [4.69, 9.17) is 4.74 Å². The number of ether oxygens (including phenoxy) is 1. The van der Waals surface area contributed by atoms with Gasteiger partial charge in [-0.25, -0.2) is 13.9 Å². The summed E-state index contributed by atoms with van der Waals surface area (Å²) < 4.78 is 21.2. The monoisotopic (exact) mass is 498 g/mol. The predicted octanol–water partition coefficient (Wildman–Crippen LogP) is 6.30. The van der Waals surface area contributed by atoms with Crippen molar-refractivity contribution in [1.82, 2.24) is 25.3 Å². The van der Waals surface area contributed by atoms with Gasteiger partial charge in [-0.05, 0) is 48.5 Å². The summed E-state index contributed by atoms with van der Waals surface area (Å²) in [7, 11) is 0. The number of anilines is 1. The molecule has 0 spiro atoms. The van der Waals surface area contributed by atoms with Crippen LogP contribution in [-0.4, -0.2) is 26.0 Å². The van der Waals surface area contributed by atoms with Crippen LogP contribution in [0.3, 0.4) is 0 Å². The van der Waals surface area contributed by atoms with Crippen LogP contribution in [0.5, 0.6) is 11.5 Å². The number of H-pyrrole nitrogens is 1. The number of carbonyl (C=O) groups excluding carboxylic acids is 1. The Morgan fingerprint density at radius 3 is 2.62 bits per heavy atom. The first-order valence-electron chi connectivity index (χ1n) is 11.9. The topological polar surface area (TPSA) is 96.9 Å². The molecule has 0 bridgehead atoms. The van der Waals surface area contributed by atoms with Gasteiger partial charge < -0.3 is 10.1 Å². The smallest absolute Gasteiger partial charge is 0.320 e. The Morgan fingerprint density at radius 2 is 1.84 bits per heavy atom. The molecule has 0 aliphatic heterocycles. The molecule has 2 amide bonds. The van der Waals surface area contributed by atoms with E-state index in [1.807, 2.05) is 69.3 Å². The molecule has 0 aliphatic carbocycles. The molecule has 2 heterocycles. The quantitative estimate of drug-likeness (QED) is 0.256. The SMILES string of the molecule is CC(C)(C)c1cc(NC(=O)NCc2ccccc2Oc2ccc3[nH]ncc3c2)n(-c2ccc(F)cc2)n1. The van der Waals surface area contributed by atoms with Crippen LogP contribution in [0.2, 0.25) is 0 Å². The molecule has 0 saturated carbocycles. The summed E-state index contributed by atoms with van der Waals surface area (Å²) >= 11 is 0. The third-order valence-corrected chi connectivity index (χ3v) is 5.84. The molecular weight excluding hydrogens is 471 g/mol. The number of aromatic nitrogens is 4. The van der Waals surface area contributed by atoms with E-state index in [9.17, 15) is 9.18 Å². The molecule has 0 atom stereocenters. The van der Waals surface area contributed by atoms with Gasteiger partial charge in [0.05, 0.1) is 23.1 Å². The number of amides is 2. The largest absolute Gasteiger partial charge is 0.457 e. The zero-order valence-electron chi connectivity index (χ0n) is 20.7. The number of hydrogen-bond donors (Lipinski definition) is 3. The Balaban J connectivity index is 1.31. The highest BCUT2D eigenvalue weighted by molar-refractivity contribution is 5.88. The molecule has 0 radical (unpaired) electrons. The van der Waals surface area contributed by atoms with Crippen molar-refractivity contribution in [3.05, 3.63) is 96.1 Å². The lowest BCUT2D eigenvalue weighted by atomic mass is 9.92. The van der Waals surface area contributed by atoms with Crippen molar-refractivity contribution in [2.75, 3.05) is 5.32 Å². The fraction of sp³-hybridized carbons (Fsp3) is 0.179. The molecule has 5 aromatic rings. The molecule has 3 N–H and O–H groups in total. The van der Waals surface area contributed by atoms with E-state index in [1.54, 1.807) is 23.0 Å². The van der Waals surface area contributed by atoms with Crippen molar-refractivity contribution in [2.24, 2.45) is 0 Å². The van der Waals surface area contributed by atoms with Crippen molar-refractivity contribution in [3.8, 4) is 17.2 Å². The van der Waals surface area contributed by atoms with Crippen LogP contribution >= 0.6 is 0 Å². The molecule has 9 heteroatoms. The van der Waals surface area contributed by atoms with Gasteiger partial charge in [0.1, 0.15) is 23.1 Å². The van der Waals surface area contributed by atoms with E-state index < -0.39 is 6.03 Å². The Hall–Kier alpha value is -4.66. The number of hydrogen-bond acceptors (Lipinski definition) is 4. The van der Waals surface area contributed by atoms with Crippen LogP contribution in [0, 0.1) is 5.82 Å². The third-order valence-electron chi connectivity index (χ3n) is 5.84. The average molecular weight is 499 g/mol. The van der Waals surface area contributed by atoms with Crippen LogP contribution in [0.15, 0.2) is 79.0 Å². The molecule has 0 fully saturated rings. The highest BCUT2D eigenvalue weighted by atomic mass is 19.1. The molecule has 3 aromatic carbocycles. The molecule has 0 aliphatic rings. The van der Waals surface area contributed by atoms with E-state index in [0.717, 1.165) is 22.2 Å². The summed E-state index contributed by atoms with van der Waals surface area (Å²) in [6, 6.07) is 20.6. The van der Waals surface area contributed by atoms with Crippen LogP contribution < -0.4 is 15.4 Å². The van der Waals surface area contributed by atoms with E-state index >= 15 is 0 Å². The zero-order chi connectivity index (χ0) is 26.0. The van der Waals surface area contributed by atoms with Crippen LogP contribution in [0.1, 0.15) is 32.0 Å². The Morgan fingerprint density at radius 1 is 1.05 bits per heavy atom. The van der Waals surface area contributed by atoms with Gasteiger partial charge in [-0.2, -0.15) is 10.2 Å². The van der Waals surface area contributed by atoms with E-state index in [-0.39, 0.29) is 17.8 Å². The normalized spacial score (nSPS) is 11.5. The van der Waals surface area contributed by atoms with Crippen molar-refractivity contribution in [2.45, 2.75) is 32.7 Å². The maximum atomic E-state index is 13.5. The summed E-state index contributed by atoms with van der Waals surface area (Å²) in [6.45, 7) is 6.35. The highest BCUT2D eigenvalue weighted by Crippen LogP contribution is 2.28. The third kappa shape index (κ3) is 5.45. The fourth-order valence-electron chi connectivity index (χ4n) is 3.81. The van der Waals surface area contributed by atoms with Crippen LogP contribution in [0.4, 0.5) is 15.0 Å². The van der Waals surface area contributed by atoms with Crippen molar-refractivity contribution >= 4 is 22.8 Å². The number of nitrogens with one attached hydrogen (secondary N) is 3. The lowest BCUT2D eigenvalue weighted by molar-refractivity contribution is 0.251. The standard InChI is InChI=1S/C28H27FN6O2/c1-28(2,3)25-15-26(35(34-25)21-10-8-20(29)9-11-21)32-27(36)30-16-18-6-4-5-7-24(18)37-22-12-13-23-19(14-22)17-31-33-23/h4-15,17H,16H2,1-3H3,(H,31,33)(H2,30,32,36). The predicted molar refractivity (Wildman–Crippen MR) is 141 cm³/mol. The van der Waals surface area contributed by atoms with Gasteiger partial charge in [-0.3, -0.25) is 10.4 Å². The summed E-state index contributed by atoms with van der Waals surface area (Å²) in [5.74, 6) is 1.44. The number of aromatic amines is 1. The number of rotatable bonds is 6. The van der Waals surface area contributed by atoms with Gasteiger partial charge in [0.25, 0.3) is 0 Å². The van der Waals surface area contributed by atoms with E-state index in [2.05, 4.69) is 25.9 Å². The van der Waals surface area contributed by atoms with E-state index in [0.29, 0.717) is 23.0 Å². The second-order valence-corrected chi connectivity index (χ2v) is 9.69. The highest BCUT2D eigenvalue weighted by Gasteiger charge is 2.21. The Bertz CT molecular complexity index is 1550. The first kappa shape index (κ1) is 24.1. The molecule has 0 unspecified atom stereocenters. The molecular formula is C28H27FN6O2. The van der Waals surface area contributed by atoms with Gasteiger partial charge in [-0.15, -0.1) is 0 Å². The number of halogens is 1. The number of urea groups is 1. The zero-order valence-corrected chi connectivity index (χ0v) is 20.7. The number of nitrogens with zero attached hydrogens (tertiary/aromatic N) is 3. The van der Waals surface area contributed by atoms with Gasteiger partial charge in [0, 0.05) is 29.0 Å². The minimum atomic E-state index is -0.404. The molecule has 2 aromatic heterocycles. The fourth-order valence-corrected chi connectivity index (χ4v) is 3.81. The van der Waals surface area contributed by atoms with Crippen LogP contribution in [-0.2, 0) is 12.0 Å². The number of benzene rings is 3. The Labute approximate surface area is 213 Å². The maximum Gasteiger partial charge on any atom is 0.320 e. The van der Waals surface area contributed by atoms with Gasteiger partial charge in [-0.1, -0.05) is 39.0 Å². The first-order chi connectivity index (χ1) is 17.8. The lowest BCUT2D eigenvalue weighted by Gasteiger charge is -2.14. The van der Waals surface area contributed by atoms with Gasteiger partial charge >= 0.3 is 6.03 Å². The molecule has 188 valence electrons. The average Bonchev–Trinajstić information content (AvgIpc) is 3.51. The summed E-state index contributed by atoms with van der Waals surface area (Å²) in [6.07, 6.45) is 1.74.